The van der Waals surface area contributed by atoms with E-state index in [9.17, 15) is 9.59 Å². The number of aromatic amines is 1. The number of aryl methyl sites for hydroxylation is 1. The van der Waals surface area contributed by atoms with Gasteiger partial charge in [0.25, 0.3) is 0 Å². The number of rotatable bonds is 2. The summed E-state index contributed by atoms with van der Waals surface area (Å²) in [6.45, 7) is 1.84. The van der Waals surface area contributed by atoms with Gasteiger partial charge in [-0.05, 0) is 25.1 Å². The van der Waals surface area contributed by atoms with Crippen LogP contribution in [0.4, 0.5) is 5.82 Å². The van der Waals surface area contributed by atoms with Crippen LogP contribution >= 0.6 is 0 Å². The lowest BCUT2D eigenvalue weighted by molar-refractivity contribution is 0.931. The largest absolute Gasteiger partial charge is 0.372 e. The maximum absolute atomic E-state index is 12.3. The molecule has 0 aromatic carbocycles. The van der Waals surface area contributed by atoms with Crippen molar-refractivity contribution in [2.75, 3.05) is 12.4 Å². The lowest BCUT2D eigenvalue weighted by Gasteiger charge is -2.11. The Hall–Kier alpha value is -2.96. The molecule has 0 amide bonds. The molecule has 3 aromatic rings. The van der Waals surface area contributed by atoms with Gasteiger partial charge in [0.05, 0.1) is 11.1 Å². The fourth-order valence-electron chi connectivity index (χ4n) is 2.19. The first-order valence-corrected chi connectivity index (χ1v) is 6.37. The topological polar surface area (TPSA) is 92.7 Å². The van der Waals surface area contributed by atoms with E-state index < -0.39 is 5.69 Å². The van der Waals surface area contributed by atoms with Gasteiger partial charge in [0.15, 0.2) is 5.65 Å². The molecule has 0 atom stereocenters. The molecule has 0 aliphatic carbocycles. The van der Waals surface area contributed by atoms with E-state index in [0.717, 1.165) is 5.69 Å². The Labute approximate surface area is 119 Å². The highest BCUT2D eigenvalue weighted by Crippen LogP contribution is 2.19. The van der Waals surface area contributed by atoms with Crippen LogP contribution in [0, 0.1) is 6.92 Å². The highest BCUT2D eigenvalue weighted by Gasteiger charge is 2.12. The van der Waals surface area contributed by atoms with E-state index in [4.69, 9.17) is 0 Å². The predicted octanol–water partition coefficient (Wildman–Crippen LogP) is 0.819. The van der Waals surface area contributed by atoms with E-state index in [1.54, 1.807) is 13.1 Å². The summed E-state index contributed by atoms with van der Waals surface area (Å²) in [4.78, 5) is 34.7. The molecule has 0 radical (unpaired) electrons. The molecule has 0 aliphatic heterocycles. The summed E-state index contributed by atoms with van der Waals surface area (Å²) in [5, 5.41) is 3.60. The fourth-order valence-corrected chi connectivity index (χ4v) is 2.19. The van der Waals surface area contributed by atoms with Gasteiger partial charge in [-0.25, -0.2) is 14.3 Å². The highest BCUT2D eigenvalue weighted by atomic mass is 16.1. The Bertz CT molecular complexity index is 942. The van der Waals surface area contributed by atoms with Crippen molar-refractivity contribution in [1.82, 2.24) is 19.5 Å². The Kier molecular flexibility index (Phi) is 3.02. The molecule has 3 heterocycles. The molecule has 7 heteroatoms. The van der Waals surface area contributed by atoms with Crippen molar-refractivity contribution in [2.24, 2.45) is 0 Å². The quantitative estimate of drug-likeness (QED) is 0.726. The summed E-state index contributed by atoms with van der Waals surface area (Å²) < 4.78 is 1.33. The molecule has 0 saturated carbocycles. The summed E-state index contributed by atoms with van der Waals surface area (Å²) >= 11 is 0. The number of aromatic nitrogens is 4. The lowest BCUT2D eigenvalue weighted by Crippen LogP contribution is -2.25. The average Bonchev–Trinajstić information content (AvgIpc) is 2.46. The third-order valence-corrected chi connectivity index (χ3v) is 3.13. The van der Waals surface area contributed by atoms with Crippen molar-refractivity contribution >= 4 is 16.9 Å². The number of nitrogens with one attached hydrogen (secondary N) is 2. The Morgan fingerprint density at radius 3 is 2.71 bits per heavy atom. The zero-order valence-electron chi connectivity index (χ0n) is 11.5. The van der Waals surface area contributed by atoms with Crippen molar-refractivity contribution in [3.8, 4) is 5.69 Å². The van der Waals surface area contributed by atoms with Crippen LogP contribution in [-0.2, 0) is 0 Å². The molecule has 0 fully saturated rings. The third kappa shape index (κ3) is 2.18. The van der Waals surface area contributed by atoms with E-state index in [2.05, 4.69) is 20.3 Å². The van der Waals surface area contributed by atoms with Crippen molar-refractivity contribution in [1.29, 1.82) is 0 Å². The normalized spacial score (nSPS) is 10.8. The molecule has 2 N–H and O–H groups in total. The molecular weight excluding hydrogens is 270 g/mol. The number of hydrogen-bond donors (Lipinski definition) is 2. The van der Waals surface area contributed by atoms with Gasteiger partial charge >= 0.3 is 5.69 Å². The van der Waals surface area contributed by atoms with Crippen molar-refractivity contribution in [3.63, 3.8) is 0 Å². The van der Waals surface area contributed by atoms with Gasteiger partial charge in [0, 0.05) is 25.0 Å². The molecule has 7 nitrogen and oxygen atoms in total. The lowest BCUT2D eigenvalue weighted by atomic mass is 10.2. The molecule has 0 aliphatic rings. The number of H-pyrrole nitrogens is 1. The van der Waals surface area contributed by atoms with Crippen LogP contribution in [-0.4, -0.2) is 26.6 Å². The highest BCUT2D eigenvalue weighted by molar-refractivity contribution is 5.87. The predicted molar refractivity (Wildman–Crippen MR) is 80.0 cm³/mol. The van der Waals surface area contributed by atoms with Crippen LogP contribution in [0.3, 0.4) is 0 Å². The van der Waals surface area contributed by atoms with Crippen LogP contribution in [0.5, 0.6) is 0 Å². The van der Waals surface area contributed by atoms with E-state index in [1.165, 1.54) is 16.8 Å². The van der Waals surface area contributed by atoms with Gasteiger partial charge < -0.3 is 10.3 Å². The molecule has 0 bridgehead atoms. The molecule has 0 saturated heterocycles. The van der Waals surface area contributed by atoms with Crippen molar-refractivity contribution < 1.29 is 0 Å². The second kappa shape index (κ2) is 4.86. The Morgan fingerprint density at radius 2 is 2.00 bits per heavy atom. The summed E-state index contributed by atoms with van der Waals surface area (Å²) in [5.41, 5.74) is 0.883. The molecule has 106 valence electrons. The standard InChI is InChI=1S/C14H13N5O2/c1-8-3-4-10-12(15-2)18-14(21)19(13(10)17-8)9-5-6-16-11(20)7-9/h3-7H,1-2H3,(H,16,20)(H,15,18,21). The van der Waals surface area contributed by atoms with E-state index in [-0.39, 0.29) is 5.56 Å². The van der Waals surface area contributed by atoms with Crippen LogP contribution in [0.1, 0.15) is 5.69 Å². The van der Waals surface area contributed by atoms with Crippen LogP contribution < -0.4 is 16.6 Å². The number of hydrogen-bond acceptors (Lipinski definition) is 5. The Morgan fingerprint density at radius 1 is 1.19 bits per heavy atom. The molecule has 3 rings (SSSR count). The molecule has 3 aromatic heterocycles. The van der Waals surface area contributed by atoms with Gasteiger partial charge in [0.2, 0.25) is 5.56 Å². The van der Waals surface area contributed by atoms with Crippen LogP contribution in [0.2, 0.25) is 0 Å². The molecule has 0 spiro atoms. The van der Waals surface area contributed by atoms with E-state index in [1.807, 2.05) is 19.1 Å². The van der Waals surface area contributed by atoms with Gasteiger partial charge in [-0.2, -0.15) is 4.98 Å². The number of pyridine rings is 2. The second-order valence-corrected chi connectivity index (χ2v) is 4.56. The van der Waals surface area contributed by atoms with Gasteiger partial charge in [0.1, 0.15) is 5.82 Å². The monoisotopic (exact) mass is 283 g/mol. The van der Waals surface area contributed by atoms with E-state index in [0.29, 0.717) is 22.5 Å². The molecular formula is C14H13N5O2. The second-order valence-electron chi connectivity index (χ2n) is 4.56. The maximum Gasteiger partial charge on any atom is 0.355 e. The van der Waals surface area contributed by atoms with Crippen molar-refractivity contribution in [2.45, 2.75) is 6.92 Å². The first-order valence-electron chi connectivity index (χ1n) is 6.37. The third-order valence-electron chi connectivity index (χ3n) is 3.13. The fraction of sp³-hybridized carbons (Fsp3) is 0.143. The van der Waals surface area contributed by atoms with Crippen LogP contribution in [0.15, 0.2) is 40.1 Å². The number of nitrogens with zero attached hydrogens (tertiary/aromatic N) is 3. The summed E-state index contributed by atoms with van der Waals surface area (Å²) in [6, 6.07) is 6.66. The zero-order chi connectivity index (χ0) is 15.0. The molecule has 0 unspecified atom stereocenters. The molecule has 21 heavy (non-hydrogen) atoms. The smallest absolute Gasteiger partial charge is 0.355 e. The summed E-state index contributed by atoms with van der Waals surface area (Å²) in [6.07, 6.45) is 1.48. The van der Waals surface area contributed by atoms with Crippen LogP contribution in [0.25, 0.3) is 16.7 Å². The zero-order valence-corrected chi connectivity index (χ0v) is 11.5. The minimum Gasteiger partial charge on any atom is -0.372 e. The van der Waals surface area contributed by atoms with Gasteiger partial charge in [-0.3, -0.25) is 4.79 Å². The SMILES string of the molecule is CNc1nc(=O)n(-c2cc[nH]c(=O)c2)c2nc(C)ccc12. The minimum atomic E-state index is -0.490. The van der Waals surface area contributed by atoms with E-state index >= 15 is 0 Å². The Balaban J connectivity index is 2.47. The summed E-state index contributed by atoms with van der Waals surface area (Å²) in [5.74, 6) is 0.462. The minimum absolute atomic E-state index is 0.294. The van der Waals surface area contributed by atoms with Gasteiger partial charge in [-0.1, -0.05) is 0 Å². The van der Waals surface area contributed by atoms with Gasteiger partial charge in [-0.15, -0.1) is 0 Å². The first-order chi connectivity index (χ1) is 10.1. The average molecular weight is 283 g/mol. The first kappa shape index (κ1) is 13.0. The maximum atomic E-state index is 12.3. The number of fused-ring (bicyclic) bond motifs is 1. The number of anilines is 1. The van der Waals surface area contributed by atoms with Crippen molar-refractivity contribution in [3.05, 3.63) is 57.0 Å². The summed E-state index contributed by atoms with van der Waals surface area (Å²) in [7, 11) is 1.69.